The summed E-state index contributed by atoms with van der Waals surface area (Å²) < 4.78 is 19.1. The first kappa shape index (κ1) is 16.9. The highest BCUT2D eigenvalue weighted by Crippen LogP contribution is 2.21. The third kappa shape index (κ3) is 3.57. The highest BCUT2D eigenvalue weighted by Gasteiger charge is 2.30. The summed E-state index contributed by atoms with van der Waals surface area (Å²) in [6.45, 7) is 4.21. The van der Waals surface area contributed by atoms with Crippen LogP contribution in [-0.4, -0.2) is 46.6 Å². The highest BCUT2D eigenvalue weighted by molar-refractivity contribution is 6.31. The average molecular weight is 353 g/mol. The van der Waals surface area contributed by atoms with Crippen LogP contribution in [0.5, 0.6) is 0 Å². The minimum Gasteiger partial charge on any atom is -0.353 e. The topological polar surface area (TPSA) is 71.3 Å². The van der Waals surface area contributed by atoms with Crippen molar-refractivity contribution < 1.29 is 13.7 Å². The molecule has 1 fully saturated rings. The van der Waals surface area contributed by atoms with Crippen molar-refractivity contribution in [2.45, 2.75) is 25.8 Å². The Morgan fingerprint density at radius 2 is 2.33 bits per heavy atom. The highest BCUT2D eigenvalue weighted by atomic mass is 35.5. The number of likely N-dealkylation sites (N-methyl/N-ethyl adjacent to an activating group) is 1. The van der Waals surface area contributed by atoms with Gasteiger partial charge in [0, 0.05) is 30.1 Å². The molecule has 2 aromatic rings. The third-order valence-corrected chi connectivity index (χ3v) is 4.48. The van der Waals surface area contributed by atoms with Crippen LogP contribution < -0.4 is 5.32 Å². The molecule has 1 N–H and O–H groups in total. The van der Waals surface area contributed by atoms with Crippen LogP contribution in [-0.2, 0) is 17.6 Å². The van der Waals surface area contributed by atoms with Gasteiger partial charge in [-0.25, -0.2) is 4.39 Å². The molecule has 1 aromatic carbocycles. The molecule has 2 heterocycles. The van der Waals surface area contributed by atoms with Gasteiger partial charge < -0.3 is 9.84 Å². The molecule has 1 aliphatic rings. The number of benzene rings is 1. The number of nitrogens with zero attached hydrogens (tertiary/aromatic N) is 3. The van der Waals surface area contributed by atoms with E-state index in [4.69, 9.17) is 16.1 Å². The van der Waals surface area contributed by atoms with E-state index < -0.39 is 5.82 Å². The van der Waals surface area contributed by atoms with E-state index in [9.17, 15) is 9.18 Å². The molecule has 0 saturated carbocycles. The lowest BCUT2D eigenvalue weighted by Crippen LogP contribution is -2.55. The van der Waals surface area contributed by atoms with Crippen molar-refractivity contribution in [1.29, 1.82) is 0 Å². The Kier molecular flexibility index (Phi) is 5.11. The van der Waals surface area contributed by atoms with Crippen LogP contribution in [0.15, 0.2) is 22.7 Å². The van der Waals surface area contributed by atoms with Gasteiger partial charge in [0.2, 0.25) is 11.8 Å². The maximum atomic E-state index is 13.8. The molecule has 0 bridgehead atoms. The van der Waals surface area contributed by atoms with Crippen molar-refractivity contribution in [2.75, 3.05) is 19.6 Å². The first-order chi connectivity index (χ1) is 11.6. The summed E-state index contributed by atoms with van der Waals surface area (Å²) in [5.74, 6) is 0.256. The zero-order valence-electron chi connectivity index (χ0n) is 13.3. The molecule has 0 unspecified atom stereocenters. The monoisotopic (exact) mass is 352 g/mol. The molecular weight excluding hydrogens is 335 g/mol. The normalized spacial score (nSPS) is 18.6. The molecule has 0 spiro atoms. The van der Waals surface area contributed by atoms with Gasteiger partial charge in [0.15, 0.2) is 5.82 Å². The second-order valence-electron chi connectivity index (χ2n) is 5.62. The number of hydrogen-bond donors (Lipinski definition) is 1. The third-order valence-electron chi connectivity index (χ3n) is 4.12. The van der Waals surface area contributed by atoms with E-state index in [0.29, 0.717) is 35.3 Å². The molecule has 6 nitrogen and oxygen atoms in total. The van der Waals surface area contributed by atoms with Gasteiger partial charge in [-0.2, -0.15) is 4.98 Å². The maximum Gasteiger partial charge on any atom is 0.237 e. The summed E-state index contributed by atoms with van der Waals surface area (Å²) in [5, 5.41) is 7.04. The lowest BCUT2D eigenvalue weighted by atomic mass is 10.1. The fourth-order valence-corrected chi connectivity index (χ4v) is 3.06. The summed E-state index contributed by atoms with van der Waals surface area (Å²) in [6, 6.07) is 4.18. The van der Waals surface area contributed by atoms with Crippen LogP contribution in [0.1, 0.15) is 24.2 Å². The van der Waals surface area contributed by atoms with Gasteiger partial charge >= 0.3 is 0 Å². The minimum atomic E-state index is -0.405. The number of amides is 1. The van der Waals surface area contributed by atoms with E-state index in [-0.39, 0.29) is 18.4 Å². The number of hydrogen-bond acceptors (Lipinski definition) is 5. The van der Waals surface area contributed by atoms with Crippen LogP contribution in [0.2, 0.25) is 5.02 Å². The summed E-state index contributed by atoms with van der Waals surface area (Å²) in [4.78, 5) is 18.4. The largest absolute Gasteiger partial charge is 0.353 e. The van der Waals surface area contributed by atoms with Gasteiger partial charge in [-0.15, -0.1) is 0 Å². The number of carbonyl (C=O) groups excluding carboxylic acids is 1. The van der Waals surface area contributed by atoms with Gasteiger partial charge in [-0.05, 0) is 18.7 Å². The Labute approximate surface area is 144 Å². The molecular formula is C16H18ClFN4O2. The Morgan fingerprint density at radius 3 is 3.08 bits per heavy atom. The average Bonchev–Trinajstić information content (AvgIpc) is 3.00. The molecule has 0 radical (unpaired) electrons. The van der Waals surface area contributed by atoms with Gasteiger partial charge in [-0.1, -0.05) is 29.7 Å². The van der Waals surface area contributed by atoms with E-state index in [1.54, 1.807) is 12.1 Å². The smallest absolute Gasteiger partial charge is 0.237 e. The zero-order valence-corrected chi connectivity index (χ0v) is 14.0. The zero-order chi connectivity index (χ0) is 17.1. The molecule has 1 amide bonds. The van der Waals surface area contributed by atoms with Gasteiger partial charge in [0.05, 0.1) is 12.5 Å². The first-order valence-electron chi connectivity index (χ1n) is 7.84. The molecule has 3 rings (SSSR count). The first-order valence-corrected chi connectivity index (χ1v) is 8.22. The number of aromatic nitrogens is 2. The van der Waals surface area contributed by atoms with E-state index in [0.717, 1.165) is 13.1 Å². The van der Waals surface area contributed by atoms with Crippen molar-refractivity contribution in [3.8, 4) is 0 Å². The van der Waals surface area contributed by atoms with Gasteiger partial charge in [0.25, 0.3) is 0 Å². The van der Waals surface area contributed by atoms with Crippen molar-refractivity contribution in [1.82, 2.24) is 20.4 Å². The van der Waals surface area contributed by atoms with Crippen molar-refractivity contribution >= 4 is 17.5 Å². The van der Waals surface area contributed by atoms with Crippen LogP contribution in [0, 0.1) is 5.82 Å². The second kappa shape index (κ2) is 7.27. The summed E-state index contributed by atoms with van der Waals surface area (Å²) >= 11 is 6.01. The van der Waals surface area contributed by atoms with Crippen molar-refractivity contribution in [3.63, 3.8) is 0 Å². The fourth-order valence-electron chi connectivity index (χ4n) is 2.83. The summed E-state index contributed by atoms with van der Waals surface area (Å²) in [5.41, 5.74) is 0.331. The Bertz CT molecular complexity index is 716. The molecule has 0 aliphatic carbocycles. The van der Waals surface area contributed by atoms with E-state index >= 15 is 0 Å². The van der Waals surface area contributed by atoms with E-state index in [1.165, 1.54) is 6.07 Å². The molecule has 128 valence electrons. The molecule has 24 heavy (non-hydrogen) atoms. The number of halogens is 2. The molecule has 1 saturated heterocycles. The Morgan fingerprint density at radius 1 is 1.50 bits per heavy atom. The Balaban J connectivity index is 1.72. The molecule has 8 heteroatoms. The van der Waals surface area contributed by atoms with Crippen LogP contribution in [0.4, 0.5) is 4.39 Å². The number of piperazine rings is 1. The van der Waals surface area contributed by atoms with Crippen LogP contribution >= 0.6 is 11.6 Å². The summed E-state index contributed by atoms with van der Waals surface area (Å²) in [6.07, 6.45) is 0.473. The maximum absolute atomic E-state index is 13.8. The van der Waals surface area contributed by atoms with Crippen molar-refractivity contribution in [3.05, 3.63) is 46.3 Å². The quantitative estimate of drug-likeness (QED) is 0.888. The minimum absolute atomic E-state index is 0.0417. The number of rotatable bonds is 5. The van der Waals surface area contributed by atoms with Gasteiger partial charge in [0.1, 0.15) is 5.82 Å². The lowest BCUT2D eigenvalue weighted by molar-refractivity contribution is -0.129. The SMILES string of the molecule is CCN1CCNC(=O)[C@@H]1Cc1nc(Cc2c(F)cccc2Cl)no1. The molecule has 1 aliphatic heterocycles. The predicted octanol–water partition coefficient (Wildman–Crippen LogP) is 1.82. The summed E-state index contributed by atoms with van der Waals surface area (Å²) in [7, 11) is 0. The van der Waals surface area contributed by atoms with E-state index in [2.05, 4.69) is 20.4 Å². The molecule has 1 atom stereocenters. The predicted molar refractivity (Wildman–Crippen MR) is 86.3 cm³/mol. The Hall–Kier alpha value is -1.99. The fraction of sp³-hybridized carbons (Fsp3) is 0.438. The lowest BCUT2D eigenvalue weighted by Gasteiger charge is -2.33. The number of nitrogens with one attached hydrogen (secondary N) is 1. The number of carbonyl (C=O) groups is 1. The molecule has 1 aromatic heterocycles. The van der Waals surface area contributed by atoms with E-state index in [1.807, 2.05) is 6.92 Å². The second-order valence-corrected chi connectivity index (χ2v) is 6.03. The van der Waals surface area contributed by atoms with Crippen LogP contribution in [0.3, 0.4) is 0 Å². The standard InChI is InChI=1S/C16H18ClFN4O2/c1-2-22-7-6-19-16(23)13(22)9-15-20-14(21-24-15)8-10-11(17)4-3-5-12(10)18/h3-5,13H,2,6-9H2,1H3,(H,19,23)/t13-/m0/s1. The van der Waals surface area contributed by atoms with Crippen LogP contribution in [0.25, 0.3) is 0 Å². The van der Waals surface area contributed by atoms with Crippen molar-refractivity contribution in [2.24, 2.45) is 0 Å². The van der Waals surface area contributed by atoms with Gasteiger partial charge in [-0.3, -0.25) is 9.69 Å².